The molecule has 16 heavy (non-hydrogen) atoms. The first-order valence-corrected chi connectivity index (χ1v) is 5.05. The van der Waals surface area contributed by atoms with E-state index in [2.05, 4.69) is 5.32 Å². The van der Waals surface area contributed by atoms with Crippen molar-refractivity contribution in [3.05, 3.63) is 23.8 Å². The Morgan fingerprint density at radius 2 is 2.19 bits per heavy atom. The first-order valence-electron chi connectivity index (χ1n) is 5.05. The molecule has 0 spiro atoms. The number of benzene rings is 1. The highest BCUT2D eigenvalue weighted by Gasteiger charge is 2.01. The molecule has 0 saturated heterocycles. The van der Waals surface area contributed by atoms with Crippen LogP contribution in [0.25, 0.3) is 0 Å². The molecular formula is C11H16F2N2O. The Morgan fingerprint density at radius 1 is 1.44 bits per heavy atom. The van der Waals surface area contributed by atoms with Crippen molar-refractivity contribution in [2.75, 3.05) is 30.8 Å². The molecule has 0 aliphatic heterocycles. The maximum Gasteiger partial charge on any atom is 0.261 e. The summed E-state index contributed by atoms with van der Waals surface area (Å²) >= 11 is 0. The molecule has 0 aliphatic carbocycles. The Morgan fingerprint density at radius 3 is 2.81 bits per heavy atom. The molecule has 1 rings (SSSR count). The summed E-state index contributed by atoms with van der Waals surface area (Å²) in [6.45, 7) is 2.12. The fraction of sp³-hybridized carbons (Fsp3) is 0.455. The maximum absolute atomic E-state index is 11.7. The lowest BCUT2D eigenvalue weighted by molar-refractivity contribution is 0.0215. The van der Waals surface area contributed by atoms with Crippen LogP contribution in [-0.2, 0) is 4.74 Å². The van der Waals surface area contributed by atoms with E-state index in [0.29, 0.717) is 12.2 Å². The molecule has 0 unspecified atom stereocenters. The van der Waals surface area contributed by atoms with Crippen LogP contribution in [0.1, 0.15) is 5.56 Å². The number of nitrogen functional groups attached to an aromatic ring is 1. The van der Waals surface area contributed by atoms with E-state index in [1.165, 1.54) is 0 Å². The number of hydrogen-bond acceptors (Lipinski definition) is 3. The van der Waals surface area contributed by atoms with Gasteiger partial charge in [-0.05, 0) is 24.6 Å². The Kier molecular flexibility index (Phi) is 4.98. The second kappa shape index (κ2) is 6.27. The number of hydrogen-bond donors (Lipinski definition) is 2. The van der Waals surface area contributed by atoms with Crippen molar-refractivity contribution in [1.82, 2.24) is 0 Å². The van der Waals surface area contributed by atoms with Gasteiger partial charge in [0.15, 0.2) is 0 Å². The van der Waals surface area contributed by atoms with Crippen LogP contribution in [-0.4, -0.2) is 26.2 Å². The summed E-state index contributed by atoms with van der Waals surface area (Å²) in [6.07, 6.45) is -2.41. The average Bonchev–Trinajstić information content (AvgIpc) is 2.20. The smallest absolute Gasteiger partial charge is 0.261 e. The van der Waals surface area contributed by atoms with E-state index in [9.17, 15) is 8.78 Å². The molecule has 0 aliphatic rings. The van der Waals surface area contributed by atoms with Gasteiger partial charge in [-0.3, -0.25) is 0 Å². The predicted octanol–water partition coefficient (Wildman–Crippen LogP) is 2.27. The standard InChI is InChI=1S/C11H16F2N2O/c1-8-2-3-10(9(14)6-8)15-4-5-16-7-11(12)13/h2-3,6,11,15H,4-5,7,14H2,1H3. The van der Waals surface area contributed by atoms with Gasteiger partial charge in [-0.25, -0.2) is 8.78 Å². The molecule has 3 N–H and O–H groups in total. The predicted molar refractivity (Wildman–Crippen MR) is 60.9 cm³/mol. The van der Waals surface area contributed by atoms with E-state index in [4.69, 9.17) is 10.5 Å². The fourth-order valence-corrected chi connectivity index (χ4v) is 1.27. The van der Waals surface area contributed by atoms with Crippen molar-refractivity contribution in [3.63, 3.8) is 0 Å². The summed E-state index contributed by atoms with van der Waals surface area (Å²) < 4.78 is 28.2. The minimum Gasteiger partial charge on any atom is -0.397 e. The molecule has 3 nitrogen and oxygen atoms in total. The fourth-order valence-electron chi connectivity index (χ4n) is 1.27. The van der Waals surface area contributed by atoms with Gasteiger partial charge in [0.1, 0.15) is 6.61 Å². The molecule has 1 aromatic carbocycles. The number of aryl methyl sites for hydroxylation is 1. The molecular weight excluding hydrogens is 214 g/mol. The van der Waals surface area contributed by atoms with Gasteiger partial charge < -0.3 is 15.8 Å². The van der Waals surface area contributed by atoms with Crippen molar-refractivity contribution in [1.29, 1.82) is 0 Å². The lowest BCUT2D eigenvalue weighted by Gasteiger charge is -2.10. The summed E-state index contributed by atoms with van der Waals surface area (Å²) in [5.41, 5.74) is 8.29. The van der Waals surface area contributed by atoms with Crippen molar-refractivity contribution >= 4 is 11.4 Å². The van der Waals surface area contributed by atoms with E-state index in [1.54, 1.807) is 0 Å². The molecule has 90 valence electrons. The lowest BCUT2D eigenvalue weighted by atomic mass is 10.2. The van der Waals surface area contributed by atoms with Crippen LogP contribution in [0.4, 0.5) is 20.2 Å². The van der Waals surface area contributed by atoms with Gasteiger partial charge in [0.2, 0.25) is 0 Å². The van der Waals surface area contributed by atoms with Crippen LogP contribution < -0.4 is 11.1 Å². The van der Waals surface area contributed by atoms with Crippen LogP contribution in [0.2, 0.25) is 0 Å². The number of ether oxygens (including phenoxy) is 1. The molecule has 5 heteroatoms. The highest BCUT2D eigenvalue weighted by Crippen LogP contribution is 2.18. The van der Waals surface area contributed by atoms with Crippen LogP contribution >= 0.6 is 0 Å². The molecule has 0 amide bonds. The van der Waals surface area contributed by atoms with E-state index in [1.807, 2.05) is 25.1 Å². The number of alkyl halides is 2. The van der Waals surface area contributed by atoms with Crippen LogP contribution in [0.5, 0.6) is 0 Å². The molecule has 0 aromatic heterocycles. The van der Waals surface area contributed by atoms with Gasteiger partial charge in [-0.1, -0.05) is 6.07 Å². The van der Waals surface area contributed by atoms with Crippen LogP contribution in [0.3, 0.4) is 0 Å². The summed E-state index contributed by atoms with van der Waals surface area (Å²) in [5.74, 6) is 0. The first kappa shape index (κ1) is 12.7. The highest BCUT2D eigenvalue weighted by molar-refractivity contribution is 5.66. The van der Waals surface area contributed by atoms with E-state index in [-0.39, 0.29) is 6.61 Å². The van der Waals surface area contributed by atoms with E-state index < -0.39 is 13.0 Å². The maximum atomic E-state index is 11.7. The Hall–Kier alpha value is -1.36. The van der Waals surface area contributed by atoms with Crippen molar-refractivity contribution < 1.29 is 13.5 Å². The van der Waals surface area contributed by atoms with Crippen LogP contribution in [0.15, 0.2) is 18.2 Å². The largest absolute Gasteiger partial charge is 0.397 e. The first-order chi connectivity index (χ1) is 7.59. The number of halogens is 2. The molecule has 0 atom stereocenters. The Labute approximate surface area is 93.6 Å². The van der Waals surface area contributed by atoms with Gasteiger partial charge in [-0.15, -0.1) is 0 Å². The van der Waals surface area contributed by atoms with Crippen molar-refractivity contribution in [3.8, 4) is 0 Å². The van der Waals surface area contributed by atoms with Gasteiger partial charge >= 0.3 is 0 Å². The van der Waals surface area contributed by atoms with Gasteiger partial charge in [0.25, 0.3) is 6.43 Å². The Bertz CT molecular complexity index is 332. The van der Waals surface area contributed by atoms with Gasteiger partial charge in [0, 0.05) is 6.54 Å². The summed E-state index contributed by atoms with van der Waals surface area (Å²) in [5, 5.41) is 3.02. The van der Waals surface area contributed by atoms with E-state index in [0.717, 1.165) is 11.3 Å². The average molecular weight is 230 g/mol. The summed E-state index contributed by atoms with van der Waals surface area (Å²) in [7, 11) is 0. The normalized spacial score (nSPS) is 10.8. The van der Waals surface area contributed by atoms with Gasteiger partial charge in [0.05, 0.1) is 18.0 Å². The molecule has 1 aromatic rings. The zero-order valence-corrected chi connectivity index (χ0v) is 9.17. The minimum atomic E-state index is -2.41. The number of rotatable bonds is 6. The molecule has 0 radical (unpaired) electrons. The third-order valence-corrected chi connectivity index (χ3v) is 2.01. The SMILES string of the molecule is Cc1ccc(NCCOCC(F)F)c(N)c1. The lowest BCUT2D eigenvalue weighted by Crippen LogP contribution is -2.13. The number of anilines is 2. The van der Waals surface area contributed by atoms with Crippen LogP contribution in [0, 0.1) is 6.92 Å². The minimum absolute atomic E-state index is 0.234. The summed E-state index contributed by atoms with van der Waals surface area (Å²) in [6, 6.07) is 5.64. The number of nitrogens with one attached hydrogen (secondary N) is 1. The topological polar surface area (TPSA) is 47.3 Å². The monoisotopic (exact) mass is 230 g/mol. The van der Waals surface area contributed by atoms with Gasteiger partial charge in [-0.2, -0.15) is 0 Å². The zero-order chi connectivity index (χ0) is 12.0. The quantitative estimate of drug-likeness (QED) is 0.582. The molecule has 0 saturated carbocycles. The molecule has 0 bridgehead atoms. The summed E-state index contributed by atoms with van der Waals surface area (Å²) in [4.78, 5) is 0. The highest BCUT2D eigenvalue weighted by atomic mass is 19.3. The third-order valence-electron chi connectivity index (χ3n) is 2.01. The second-order valence-corrected chi connectivity index (χ2v) is 3.48. The van der Waals surface area contributed by atoms with Crippen molar-refractivity contribution in [2.24, 2.45) is 0 Å². The third kappa shape index (κ3) is 4.44. The molecule has 0 heterocycles. The Balaban J connectivity index is 2.27. The number of nitrogens with two attached hydrogens (primary N) is 1. The zero-order valence-electron chi connectivity index (χ0n) is 9.17. The van der Waals surface area contributed by atoms with E-state index >= 15 is 0 Å². The molecule has 0 fully saturated rings. The second-order valence-electron chi connectivity index (χ2n) is 3.48. The van der Waals surface area contributed by atoms with Crippen molar-refractivity contribution in [2.45, 2.75) is 13.3 Å².